The van der Waals surface area contributed by atoms with Crippen molar-refractivity contribution in [2.24, 2.45) is 0 Å². The second-order valence-electron chi connectivity index (χ2n) is 4.90. The Morgan fingerprint density at radius 3 is 2.35 bits per heavy atom. The van der Waals surface area contributed by atoms with E-state index in [-0.39, 0.29) is 5.78 Å². The van der Waals surface area contributed by atoms with Crippen LogP contribution in [0.4, 0.5) is 0 Å². The van der Waals surface area contributed by atoms with Crippen molar-refractivity contribution < 1.29 is 4.79 Å². The van der Waals surface area contributed by atoms with Gasteiger partial charge in [-0.05, 0) is 13.8 Å². The molecule has 0 atom stereocenters. The van der Waals surface area contributed by atoms with Gasteiger partial charge in [0.05, 0.1) is 11.3 Å². The van der Waals surface area contributed by atoms with Crippen molar-refractivity contribution in [1.82, 2.24) is 9.97 Å². The van der Waals surface area contributed by atoms with E-state index in [0.29, 0.717) is 16.6 Å². The molecular formula is C16H18N2OS. The molecule has 1 aromatic carbocycles. The number of hydrogen-bond acceptors (Lipinski definition) is 4. The molecule has 0 unspecified atom stereocenters. The summed E-state index contributed by atoms with van der Waals surface area (Å²) in [7, 11) is 0. The summed E-state index contributed by atoms with van der Waals surface area (Å²) in [6, 6.07) is 9.84. The first-order valence-electron chi connectivity index (χ1n) is 6.60. The molecule has 104 valence electrons. The maximum Gasteiger partial charge on any atom is 0.164 e. The number of aromatic nitrogens is 2. The predicted octanol–water partition coefficient (Wildman–Crippen LogP) is 4.16. The van der Waals surface area contributed by atoms with Crippen molar-refractivity contribution in [3.63, 3.8) is 0 Å². The van der Waals surface area contributed by atoms with E-state index in [2.05, 4.69) is 23.8 Å². The Hall–Kier alpha value is -1.68. The van der Waals surface area contributed by atoms with E-state index in [4.69, 9.17) is 0 Å². The maximum absolute atomic E-state index is 11.8. The van der Waals surface area contributed by atoms with Crippen molar-refractivity contribution in [3.05, 3.63) is 41.6 Å². The zero-order chi connectivity index (χ0) is 14.7. The van der Waals surface area contributed by atoms with Gasteiger partial charge < -0.3 is 0 Å². The zero-order valence-electron chi connectivity index (χ0n) is 12.2. The smallest absolute Gasteiger partial charge is 0.164 e. The number of carbonyl (C=O) groups excluding carboxylic acids is 1. The number of thioether (sulfide) groups is 1. The molecule has 20 heavy (non-hydrogen) atoms. The van der Waals surface area contributed by atoms with Gasteiger partial charge in [0.2, 0.25) is 0 Å². The average molecular weight is 286 g/mol. The molecule has 0 saturated carbocycles. The molecule has 0 bridgehead atoms. The fourth-order valence-electron chi connectivity index (χ4n) is 1.98. The van der Waals surface area contributed by atoms with Crippen LogP contribution < -0.4 is 0 Å². The van der Waals surface area contributed by atoms with E-state index in [1.54, 1.807) is 18.7 Å². The fraction of sp³-hybridized carbons (Fsp3) is 0.312. The van der Waals surface area contributed by atoms with E-state index in [0.717, 1.165) is 16.3 Å². The topological polar surface area (TPSA) is 42.9 Å². The highest BCUT2D eigenvalue weighted by atomic mass is 32.2. The van der Waals surface area contributed by atoms with Gasteiger partial charge >= 0.3 is 0 Å². The molecule has 0 radical (unpaired) electrons. The lowest BCUT2D eigenvalue weighted by molar-refractivity contribution is 0.101. The van der Waals surface area contributed by atoms with Crippen molar-refractivity contribution in [3.8, 4) is 11.4 Å². The number of hydrogen-bond donors (Lipinski definition) is 0. The van der Waals surface area contributed by atoms with Gasteiger partial charge in [-0.3, -0.25) is 4.79 Å². The highest BCUT2D eigenvalue weighted by Gasteiger charge is 2.17. The molecule has 0 aliphatic rings. The third kappa shape index (κ3) is 3.25. The first kappa shape index (κ1) is 14.7. The summed E-state index contributed by atoms with van der Waals surface area (Å²) in [6.07, 6.45) is 0. The van der Waals surface area contributed by atoms with Crippen molar-refractivity contribution in [2.45, 2.75) is 38.0 Å². The van der Waals surface area contributed by atoms with E-state index < -0.39 is 0 Å². The van der Waals surface area contributed by atoms with E-state index in [1.165, 1.54) is 0 Å². The molecule has 0 fully saturated rings. The van der Waals surface area contributed by atoms with Gasteiger partial charge in [0.25, 0.3) is 0 Å². The molecule has 4 heteroatoms. The van der Waals surface area contributed by atoms with Crippen molar-refractivity contribution in [2.75, 3.05) is 0 Å². The quantitative estimate of drug-likeness (QED) is 0.481. The van der Waals surface area contributed by atoms with Gasteiger partial charge in [-0.25, -0.2) is 9.97 Å². The number of Topliss-reactive ketones (excluding diaryl/α,β-unsaturated/α-hetero) is 1. The summed E-state index contributed by atoms with van der Waals surface area (Å²) in [4.78, 5) is 20.9. The van der Waals surface area contributed by atoms with Gasteiger partial charge in [-0.1, -0.05) is 44.2 Å². The van der Waals surface area contributed by atoms with Gasteiger partial charge in [0.1, 0.15) is 5.03 Å². The number of carbonyl (C=O) groups is 1. The average Bonchev–Trinajstić information content (AvgIpc) is 2.38. The van der Waals surface area contributed by atoms with Crippen LogP contribution in [0.15, 0.2) is 35.4 Å². The monoisotopic (exact) mass is 286 g/mol. The minimum atomic E-state index is 0.0188. The molecule has 3 nitrogen and oxygen atoms in total. The van der Waals surface area contributed by atoms with Gasteiger partial charge in [-0.15, -0.1) is 11.8 Å². The van der Waals surface area contributed by atoms with Crippen molar-refractivity contribution in [1.29, 1.82) is 0 Å². The lowest BCUT2D eigenvalue weighted by Crippen LogP contribution is -2.07. The second kappa shape index (κ2) is 6.18. The molecule has 1 heterocycles. The normalized spacial score (nSPS) is 10.8. The van der Waals surface area contributed by atoms with Crippen LogP contribution in [0.25, 0.3) is 11.4 Å². The van der Waals surface area contributed by atoms with Crippen LogP contribution in [-0.4, -0.2) is 21.0 Å². The number of benzene rings is 1. The lowest BCUT2D eigenvalue weighted by atomic mass is 10.1. The maximum atomic E-state index is 11.8. The molecule has 0 amide bonds. The van der Waals surface area contributed by atoms with Crippen LogP contribution in [0.2, 0.25) is 0 Å². The Bertz CT molecular complexity index is 624. The summed E-state index contributed by atoms with van der Waals surface area (Å²) in [5, 5.41) is 1.14. The standard InChI is InChI=1S/C16H18N2OS/c1-10(2)20-16-14(12(4)19)11(3)17-15(18-16)13-8-6-5-7-9-13/h5-10H,1-4H3. The highest BCUT2D eigenvalue weighted by molar-refractivity contribution is 7.99. The van der Waals surface area contributed by atoms with Gasteiger partial charge in [0, 0.05) is 10.8 Å². The Kier molecular flexibility index (Phi) is 4.55. The Morgan fingerprint density at radius 2 is 1.80 bits per heavy atom. The van der Waals surface area contributed by atoms with E-state index in [9.17, 15) is 4.79 Å². The largest absolute Gasteiger partial charge is 0.294 e. The third-order valence-corrected chi connectivity index (χ3v) is 3.78. The lowest BCUT2D eigenvalue weighted by Gasteiger charge is -2.12. The van der Waals surface area contributed by atoms with Crippen LogP contribution in [0.1, 0.15) is 36.8 Å². The molecular weight excluding hydrogens is 268 g/mol. The number of aryl methyl sites for hydroxylation is 1. The highest BCUT2D eigenvalue weighted by Crippen LogP contribution is 2.29. The minimum Gasteiger partial charge on any atom is -0.294 e. The molecule has 0 N–H and O–H groups in total. The molecule has 0 spiro atoms. The fourth-order valence-corrected chi connectivity index (χ4v) is 2.97. The third-order valence-electron chi connectivity index (χ3n) is 2.79. The Morgan fingerprint density at radius 1 is 1.15 bits per heavy atom. The summed E-state index contributed by atoms with van der Waals surface area (Å²) in [5.41, 5.74) is 2.36. The minimum absolute atomic E-state index is 0.0188. The molecule has 2 rings (SSSR count). The van der Waals surface area contributed by atoms with E-state index in [1.807, 2.05) is 37.3 Å². The van der Waals surface area contributed by atoms with Crippen LogP contribution in [0.5, 0.6) is 0 Å². The van der Waals surface area contributed by atoms with Crippen LogP contribution in [-0.2, 0) is 0 Å². The molecule has 0 aliphatic carbocycles. The predicted molar refractivity (Wildman–Crippen MR) is 83.2 cm³/mol. The zero-order valence-corrected chi connectivity index (χ0v) is 13.0. The number of rotatable bonds is 4. The van der Waals surface area contributed by atoms with Crippen LogP contribution in [0, 0.1) is 6.92 Å². The second-order valence-corrected chi connectivity index (χ2v) is 6.47. The Balaban J connectivity index is 2.57. The number of ketones is 1. The summed E-state index contributed by atoms with van der Waals surface area (Å²) in [6.45, 7) is 7.62. The molecule has 1 aromatic heterocycles. The van der Waals surface area contributed by atoms with Crippen LogP contribution >= 0.6 is 11.8 Å². The van der Waals surface area contributed by atoms with Crippen LogP contribution in [0.3, 0.4) is 0 Å². The van der Waals surface area contributed by atoms with Gasteiger partial charge in [-0.2, -0.15) is 0 Å². The van der Waals surface area contributed by atoms with Gasteiger partial charge in [0.15, 0.2) is 11.6 Å². The summed E-state index contributed by atoms with van der Waals surface area (Å²) >= 11 is 1.60. The van der Waals surface area contributed by atoms with E-state index >= 15 is 0 Å². The van der Waals surface area contributed by atoms with Crippen molar-refractivity contribution >= 4 is 17.5 Å². The number of nitrogens with zero attached hydrogens (tertiary/aromatic N) is 2. The summed E-state index contributed by atoms with van der Waals surface area (Å²) in [5.74, 6) is 0.696. The first-order chi connectivity index (χ1) is 9.49. The Labute approximate surface area is 123 Å². The summed E-state index contributed by atoms with van der Waals surface area (Å²) < 4.78 is 0. The molecule has 0 aliphatic heterocycles. The molecule has 2 aromatic rings. The SMILES string of the molecule is CC(=O)c1c(C)nc(-c2ccccc2)nc1SC(C)C. The molecule has 0 saturated heterocycles. The first-order valence-corrected chi connectivity index (χ1v) is 7.48.